The molecule has 2 nitrogen and oxygen atoms in total. The van der Waals surface area contributed by atoms with E-state index < -0.39 is 0 Å². The Labute approximate surface area is 107 Å². The molecule has 12 heavy (non-hydrogen) atoms. The number of hydrogen-bond acceptors (Lipinski definition) is 3. The topological polar surface area (TPSA) is 18.5 Å². The van der Waals surface area contributed by atoms with Crippen molar-refractivity contribution in [3.05, 3.63) is 0 Å². The molecule has 0 amide bonds. The molecule has 0 unspecified atom stereocenters. The van der Waals surface area contributed by atoms with Gasteiger partial charge in [0, 0.05) is 0 Å². The van der Waals surface area contributed by atoms with Crippen molar-refractivity contribution in [2.24, 2.45) is 0 Å². The predicted molar refractivity (Wildman–Crippen MR) is 60.4 cm³/mol. The van der Waals surface area contributed by atoms with Gasteiger partial charge < -0.3 is 9.47 Å². The summed E-state index contributed by atoms with van der Waals surface area (Å²) in [5.41, 5.74) is -0.110. The first kappa shape index (κ1) is 15.7. The van der Waals surface area contributed by atoms with Crippen LogP contribution in [0.5, 0.6) is 0 Å². The molecule has 0 radical (unpaired) electrons. The number of rotatable bonds is 3. The Kier molecular flexibility index (Phi) is 9.91. The Balaban J connectivity index is 0. The molecular weight excluding hydrogens is 203 g/mol. The molecule has 0 aliphatic rings. The molecule has 0 atom stereocenters. The monoisotopic (exact) mass is 218 g/mol. The summed E-state index contributed by atoms with van der Waals surface area (Å²) in [6.45, 7) is 6.99. The zero-order valence-corrected chi connectivity index (χ0v) is 8.80. The normalized spacial score (nSPS) is 10.3. The van der Waals surface area contributed by atoms with Crippen LogP contribution in [0.25, 0.3) is 0 Å². The Morgan fingerprint density at radius 3 is 2.17 bits per heavy atom. The third-order valence-electron chi connectivity index (χ3n) is 0.844. The Hall–Kier alpha value is 1.20. The summed E-state index contributed by atoms with van der Waals surface area (Å²) >= 11 is 8.39. The third-order valence-corrected chi connectivity index (χ3v) is 1.09. The fourth-order valence-corrected chi connectivity index (χ4v) is 0.651. The quantitative estimate of drug-likeness (QED) is 0.334. The predicted octanol–water partition coefficient (Wildman–Crippen LogP) is 1.38. The van der Waals surface area contributed by atoms with E-state index in [-0.39, 0.29) is 39.5 Å². The van der Waals surface area contributed by atoms with Gasteiger partial charge in [0.15, 0.2) is 0 Å². The molecule has 0 saturated carbocycles. The number of ether oxygens (including phenoxy) is 2. The summed E-state index contributed by atoms with van der Waals surface area (Å²) in [4.78, 5) is 0. The van der Waals surface area contributed by atoms with Crippen molar-refractivity contribution >= 4 is 58.8 Å². The fraction of sp³-hybridized carbons (Fsp3) is 0.857. The molecule has 0 aliphatic carbocycles. The first-order valence-electron chi connectivity index (χ1n) is 3.41. The van der Waals surface area contributed by atoms with Gasteiger partial charge in [-0.15, -0.1) is 0 Å². The van der Waals surface area contributed by atoms with Crippen LogP contribution in [0.15, 0.2) is 0 Å². The van der Waals surface area contributed by atoms with Gasteiger partial charge in [0.05, 0.1) is 12.2 Å². The average molecular weight is 218 g/mol. The van der Waals surface area contributed by atoms with Crippen molar-refractivity contribution in [2.45, 2.75) is 26.4 Å². The zero-order chi connectivity index (χ0) is 8.91. The van der Waals surface area contributed by atoms with Crippen LogP contribution in [-0.2, 0) is 9.47 Å². The van der Waals surface area contributed by atoms with Gasteiger partial charge >= 0.3 is 29.6 Å². The van der Waals surface area contributed by atoms with Crippen LogP contribution in [0.1, 0.15) is 20.8 Å². The second kappa shape index (κ2) is 7.59. The molecule has 0 bridgehead atoms. The van der Waals surface area contributed by atoms with E-state index in [2.05, 4.69) is 24.8 Å². The van der Waals surface area contributed by atoms with Crippen molar-refractivity contribution in [3.63, 3.8) is 0 Å². The van der Waals surface area contributed by atoms with Crippen molar-refractivity contribution < 1.29 is 9.47 Å². The van der Waals surface area contributed by atoms with E-state index in [9.17, 15) is 0 Å². The first-order valence-corrected chi connectivity index (χ1v) is 4.27. The number of thiocarbonyl (C=S) groups is 1. The average Bonchev–Trinajstić information content (AvgIpc) is 1.78. The molecule has 0 rings (SSSR count). The molecule has 0 saturated heterocycles. The van der Waals surface area contributed by atoms with Crippen LogP contribution < -0.4 is 0 Å². The summed E-state index contributed by atoms with van der Waals surface area (Å²) in [6, 6.07) is 0. The maximum absolute atomic E-state index is 5.36. The van der Waals surface area contributed by atoms with Crippen molar-refractivity contribution in [2.75, 3.05) is 13.2 Å². The Morgan fingerprint density at radius 1 is 1.33 bits per heavy atom. The summed E-state index contributed by atoms with van der Waals surface area (Å²) in [6.07, 6.45) is 0. The molecule has 5 heteroatoms. The van der Waals surface area contributed by atoms with Crippen LogP contribution in [-0.4, -0.2) is 52.8 Å². The van der Waals surface area contributed by atoms with E-state index in [1.807, 2.05) is 20.8 Å². The minimum absolute atomic E-state index is 0. The van der Waals surface area contributed by atoms with Crippen molar-refractivity contribution in [3.8, 4) is 0 Å². The molecule has 68 valence electrons. The molecule has 0 aromatic heterocycles. The van der Waals surface area contributed by atoms with Gasteiger partial charge in [0.25, 0.3) is 0 Å². The van der Waals surface area contributed by atoms with Gasteiger partial charge in [0.2, 0.25) is 4.38 Å². The Bertz CT molecular complexity index is 134. The number of hydrogen-bond donors (Lipinski definition) is 1. The summed E-state index contributed by atoms with van der Waals surface area (Å²) in [7, 11) is 0. The SMILES string of the molecule is CC(C)(C)OCCOC(=S)S.[NaH]. The molecule has 0 aromatic rings. The van der Waals surface area contributed by atoms with E-state index in [1.165, 1.54) is 0 Å². The summed E-state index contributed by atoms with van der Waals surface area (Å²) in [5, 5.41) is 0. The van der Waals surface area contributed by atoms with Crippen LogP contribution >= 0.6 is 24.8 Å². The van der Waals surface area contributed by atoms with E-state index in [4.69, 9.17) is 9.47 Å². The summed E-state index contributed by atoms with van der Waals surface area (Å²) in [5.74, 6) is 0. The van der Waals surface area contributed by atoms with Gasteiger partial charge in [0.1, 0.15) is 6.61 Å². The van der Waals surface area contributed by atoms with Crippen molar-refractivity contribution in [1.29, 1.82) is 0 Å². The molecule has 0 aromatic carbocycles. The maximum atomic E-state index is 5.36. The standard InChI is InChI=1S/C7H14O2S2.Na.H/c1-7(2,3)9-5-4-8-6(10)11;;/h4-5H2,1-3H3,(H,10,11);;. The van der Waals surface area contributed by atoms with Gasteiger partial charge in [-0.2, -0.15) is 0 Å². The van der Waals surface area contributed by atoms with E-state index >= 15 is 0 Å². The van der Waals surface area contributed by atoms with Crippen LogP contribution in [0.2, 0.25) is 0 Å². The first-order chi connectivity index (χ1) is 4.92. The van der Waals surface area contributed by atoms with Gasteiger partial charge in [-0.05, 0) is 33.0 Å². The molecule has 0 heterocycles. The van der Waals surface area contributed by atoms with Crippen LogP contribution in [0.4, 0.5) is 0 Å². The molecule has 0 spiro atoms. The van der Waals surface area contributed by atoms with Crippen molar-refractivity contribution in [1.82, 2.24) is 0 Å². The van der Waals surface area contributed by atoms with Crippen LogP contribution in [0, 0.1) is 0 Å². The zero-order valence-electron chi connectivity index (χ0n) is 7.09. The fourth-order valence-electron chi connectivity index (χ4n) is 0.477. The molecule has 0 fully saturated rings. The Morgan fingerprint density at radius 2 is 1.83 bits per heavy atom. The molecular formula is C7H15NaO2S2. The summed E-state index contributed by atoms with van der Waals surface area (Å²) < 4.78 is 10.5. The number of thiol groups is 1. The van der Waals surface area contributed by atoms with Gasteiger partial charge in [-0.25, -0.2) is 0 Å². The van der Waals surface area contributed by atoms with Crippen LogP contribution in [0.3, 0.4) is 0 Å². The van der Waals surface area contributed by atoms with E-state index in [1.54, 1.807) is 0 Å². The van der Waals surface area contributed by atoms with E-state index in [0.29, 0.717) is 13.2 Å². The molecule has 0 N–H and O–H groups in total. The minimum atomic E-state index is -0.110. The van der Waals surface area contributed by atoms with Gasteiger partial charge in [-0.1, -0.05) is 12.6 Å². The van der Waals surface area contributed by atoms with Gasteiger partial charge in [-0.3, -0.25) is 0 Å². The molecule has 0 aliphatic heterocycles. The third kappa shape index (κ3) is 13.8. The van der Waals surface area contributed by atoms with E-state index in [0.717, 1.165) is 0 Å². The second-order valence-corrected chi connectivity index (χ2v) is 4.15. The second-order valence-electron chi connectivity index (χ2n) is 3.08.